The number of ether oxygens (including phenoxy) is 2. The van der Waals surface area contributed by atoms with Crippen molar-refractivity contribution in [3.63, 3.8) is 0 Å². The molecule has 0 N–H and O–H groups in total. The third-order valence-corrected chi connectivity index (χ3v) is 7.86. The topological polar surface area (TPSA) is 52.6 Å². The highest BCUT2D eigenvalue weighted by atomic mass is 16.5. The summed E-state index contributed by atoms with van der Waals surface area (Å²) in [5.74, 6) is -0.198. The highest BCUT2D eigenvalue weighted by Gasteiger charge is 2.31. The van der Waals surface area contributed by atoms with Gasteiger partial charge >= 0.3 is 11.9 Å². The lowest BCUT2D eigenvalue weighted by molar-refractivity contribution is -0.155. The number of hydrogen-bond acceptors (Lipinski definition) is 4. The van der Waals surface area contributed by atoms with Gasteiger partial charge in [0.25, 0.3) is 0 Å². The largest absolute Gasteiger partial charge is 0.465 e. The zero-order valence-corrected chi connectivity index (χ0v) is 25.5. The predicted octanol–water partition coefficient (Wildman–Crippen LogP) is 10.5. The molecular formula is C33H64O4. The molecule has 0 saturated heterocycles. The van der Waals surface area contributed by atoms with Gasteiger partial charge in [-0.05, 0) is 25.7 Å². The van der Waals surface area contributed by atoms with Gasteiger partial charge in [0.1, 0.15) is 13.2 Å². The van der Waals surface area contributed by atoms with Crippen LogP contribution in [0.25, 0.3) is 0 Å². The Morgan fingerprint density at radius 1 is 0.459 bits per heavy atom. The van der Waals surface area contributed by atoms with E-state index in [9.17, 15) is 9.59 Å². The summed E-state index contributed by atoms with van der Waals surface area (Å²) in [6, 6.07) is 0. The van der Waals surface area contributed by atoms with Crippen LogP contribution in [-0.4, -0.2) is 25.2 Å². The van der Waals surface area contributed by atoms with Gasteiger partial charge in [-0.3, -0.25) is 9.59 Å². The van der Waals surface area contributed by atoms with Crippen molar-refractivity contribution >= 4 is 11.9 Å². The van der Waals surface area contributed by atoms with Crippen LogP contribution in [0.15, 0.2) is 0 Å². The molecule has 0 aliphatic rings. The number of carbonyl (C=O) groups excluding carboxylic acids is 2. The van der Waals surface area contributed by atoms with Gasteiger partial charge in [-0.25, -0.2) is 0 Å². The maximum Gasteiger partial charge on any atom is 0.305 e. The first-order chi connectivity index (χ1) is 18.0. The quantitative estimate of drug-likeness (QED) is 0.0754. The Hall–Kier alpha value is -1.06. The van der Waals surface area contributed by atoms with Gasteiger partial charge in [-0.2, -0.15) is 0 Å². The van der Waals surface area contributed by atoms with E-state index in [1.165, 1.54) is 89.9 Å². The molecule has 0 aromatic carbocycles. The maximum atomic E-state index is 12.4. The number of hydrogen-bond donors (Lipinski definition) is 0. The van der Waals surface area contributed by atoms with Gasteiger partial charge in [-0.15, -0.1) is 0 Å². The molecule has 0 rings (SSSR count). The Bertz CT molecular complexity index is 478. The van der Waals surface area contributed by atoms with Crippen LogP contribution in [-0.2, 0) is 19.1 Å². The minimum Gasteiger partial charge on any atom is -0.465 e. The third-order valence-electron chi connectivity index (χ3n) is 7.86. The minimum atomic E-state index is -0.252. The monoisotopic (exact) mass is 524 g/mol. The lowest BCUT2D eigenvalue weighted by Crippen LogP contribution is -2.34. The molecule has 220 valence electrons. The molecule has 4 heteroatoms. The summed E-state index contributed by atoms with van der Waals surface area (Å²) in [6.07, 6.45) is 27.3. The summed E-state index contributed by atoms with van der Waals surface area (Å²) >= 11 is 0. The van der Waals surface area contributed by atoms with E-state index in [1.807, 2.05) is 0 Å². The summed E-state index contributed by atoms with van der Waals surface area (Å²) in [5.41, 5.74) is -0.252. The lowest BCUT2D eigenvalue weighted by Gasteiger charge is -2.31. The summed E-state index contributed by atoms with van der Waals surface area (Å²) in [5, 5.41) is 0. The second-order valence-corrected chi connectivity index (χ2v) is 11.4. The minimum absolute atomic E-state index is 0.0988. The van der Waals surface area contributed by atoms with Gasteiger partial charge in [0.2, 0.25) is 0 Å². The molecule has 0 aromatic rings. The Labute approximate surface area is 231 Å². The van der Waals surface area contributed by atoms with Gasteiger partial charge in [0, 0.05) is 18.3 Å². The summed E-state index contributed by atoms with van der Waals surface area (Å²) in [7, 11) is 0. The van der Waals surface area contributed by atoms with Crippen LogP contribution in [0.5, 0.6) is 0 Å². The average Bonchev–Trinajstić information content (AvgIpc) is 2.91. The SMILES string of the molecule is CCCCCCCCCCCC(=O)OCC(CC)(CCCC)COC(=O)CCCCCCCCCCC. The molecule has 0 bridgehead atoms. The van der Waals surface area contributed by atoms with Crippen LogP contribution in [0.3, 0.4) is 0 Å². The molecule has 0 saturated carbocycles. The fraction of sp³-hybridized carbons (Fsp3) is 0.939. The smallest absolute Gasteiger partial charge is 0.305 e. The standard InChI is InChI=1S/C33H64O4/c1-5-9-12-14-16-18-20-22-24-26-31(34)36-29-33(8-4,28-11-7-3)30-37-32(35)27-25-23-21-19-17-15-13-10-6-2/h5-30H2,1-4H3. The molecule has 0 amide bonds. The molecule has 0 aromatic heterocycles. The number of esters is 2. The Kier molecular flexibility index (Phi) is 25.8. The fourth-order valence-electron chi connectivity index (χ4n) is 4.89. The maximum absolute atomic E-state index is 12.4. The molecule has 0 spiro atoms. The summed E-state index contributed by atoms with van der Waals surface area (Å²) < 4.78 is 11.5. The molecule has 0 aliphatic heterocycles. The van der Waals surface area contributed by atoms with E-state index in [1.54, 1.807) is 0 Å². The van der Waals surface area contributed by atoms with Crippen LogP contribution in [0.4, 0.5) is 0 Å². The Morgan fingerprint density at radius 3 is 1.11 bits per heavy atom. The predicted molar refractivity (Wildman–Crippen MR) is 158 cm³/mol. The van der Waals surface area contributed by atoms with Crippen molar-refractivity contribution in [1.29, 1.82) is 0 Å². The van der Waals surface area contributed by atoms with Crippen molar-refractivity contribution in [3.05, 3.63) is 0 Å². The third kappa shape index (κ3) is 22.6. The van der Waals surface area contributed by atoms with Gasteiger partial charge in [0.15, 0.2) is 0 Å². The number of carbonyl (C=O) groups is 2. The van der Waals surface area contributed by atoms with E-state index in [-0.39, 0.29) is 17.4 Å². The second-order valence-electron chi connectivity index (χ2n) is 11.4. The van der Waals surface area contributed by atoms with Crippen LogP contribution < -0.4 is 0 Å². The molecular weight excluding hydrogens is 460 g/mol. The van der Waals surface area contributed by atoms with Crippen LogP contribution in [0.2, 0.25) is 0 Å². The summed E-state index contributed by atoms with van der Waals surface area (Å²) in [4.78, 5) is 24.8. The number of rotatable bonds is 28. The van der Waals surface area contributed by atoms with E-state index >= 15 is 0 Å². The van der Waals surface area contributed by atoms with Crippen molar-refractivity contribution in [2.75, 3.05) is 13.2 Å². The van der Waals surface area contributed by atoms with Crippen LogP contribution >= 0.6 is 0 Å². The fourth-order valence-corrected chi connectivity index (χ4v) is 4.89. The van der Waals surface area contributed by atoms with Crippen molar-refractivity contribution in [2.24, 2.45) is 5.41 Å². The van der Waals surface area contributed by atoms with Crippen LogP contribution in [0.1, 0.15) is 182 Å². The molecule has 0 radical (unpaired) electrons. The molecule has 0 atom stereocenters. The van der Waals surface area contributed by atoms with Crippen molar-refractivity contribution in [1.82, 2.24) is 0 Å². The molecule has 0 heterocycles. The van der Waals surface area contributed by atoms with Crippen molar-refractivity contribution < 1.29 is 19.1 Å². The molecule has 37 heavy (non-hydrogen) atoms. The van der Waals surface area contributed by atoms with E-state index in [4.69, 9.17) is 9.47 Å². The average molecular weight is 525 g/mol. The zero-order chi connectivity index (χ0) is 27.5. The van der Waals surface area contributed by atoms with E-state index in [0.29, 0.717) is 26.1 Å². The highest BCUT2D eigenvalue weighted by Crippen LogP contribution is 2.30. The van der Waals surface area contributed by atoms with Gasteiger partial charge in [-0.1, -0.05) is 143 Å². The molecule has 0 unspecified atom stereocenters. The van der Waals surface area contributed by atoms with E-state index in [2.05, 4.69) is 27.7 Å². The molecule has 4 nitrogen and oxygen atoms in total. The first kappa shape index (κ1) is 35.9. The first-order valence-electron chi connectivity index (χ1n) is 16.3. The van der Waals surface area contributed by atoms with Crippen LogP contribution in [0, 0.1) is 5.41 Å². The van der Waals surface area contributed by atoms with Gasteiger partial charge < -0.3 is 9.47 Å². The lowest BCUT2D eigenvalue weighted by atomic mass is 9.81. The van der Waals surface area contributed by atoms with E-state index < -0.39 is 0 Å². The second kappa shape index (κ2) is 26.5. The Morgan fingerprint density at radius 2 is 0.784 bits per heavy atom. The van der Waals surface area contributed by atoms with Gasteiger partial charge in [0.05, 0.1) is 0 Å². The summed E-state index contributed by atoms with van der Waals surface area (Å²) in [6.45, 7) is 9.53. The molecule has 0 aliphatic carbocycles. The highest BCUT2D eigenvalue weighted by molar-refractivity contribution is 5.69. The molecule has 0 fully saturated rings. The Balaban J connectivity index is 4.15. The van der Waals surface area contributed by atoms with Crippen molar-refractivity contribution in [2.45, 2.75) is 182 Å². The van der Waals surface area contributed by atoms with E-state index in [0.717, 1.165) is 51.4 Å². The number of unbranched alkanes of at least 4 members (excludes halogenated alkanes) is 17. The van der Waals surface area contributed by atoms with Crippen molar-refractivity contribution in [3.8, 4) is 0 Å². The first-order valence-corrected chi connectivity index (χ1v) is 16.3. The normalized spacial score (nSPS) is 11.6. The zero-order valence-electron chi connectivity index (χ0n) is 25.5.